The lowest BCUT2D eigenvalue weighted by atomic mass is 10.0. The van der Waals surface area contributed by atoms with Gasteiger partial charge in [-0.2, -0.15) is 0 Å². The van der Waals surface area contributed by atoms with Crippen molar-refractivity contribution in [2.45, 2.75) is 0 Å². The molecule has 0 atom stereocenters. The fourth-order valence-electron chi connectivity index (χ4n) is 2.44. The molecule has 0 aliphatic carbocycles. The van der Waals surface area contributed by atoms with E-state index in [-0.39, 0.29) is 23.2 Å². The Kier molecular flexibility index (Phi) is 6.17. The van der Waals surface area contributed by atoms with Crippen LogP contribution < -0.4 is 14.8 Å². The SMILES string of the molecule is C=CC(=O)Nc1ccc(OC(=O)Oc2ccc(C(=O)c3ccccc3)cc2)cc1. The quantitative estimate of drug-likeness (QED) is 0.289. The zero-order valence-electron chi connectivity index (χ0n) is 15.3. The third kappa shape index (κ3) is 5.40. The molecule has 0 heterocycles. The number of amides is 1. The second-order valence-corrected chi connectivity index (χ2v) is 5.89. The summed E-state index contributed by atoms with van der Waals surface area (Å²) in [6, 6.07) is 21.3. The Labute approximate surface area is 167 Å². The molecule has 3 aromatic rings. The molecule has 0 saturated heterocycles. The number of ether oxygens (including phenoxy) is 2. The average molecular weight is 387 g/mol. The fourth-order valence-corrected chi connectivity index (χ4v) is 2.44. The van der Waals surface area contributed by atoms with E-state index in [0.717, 1.165) is 6.08 Å². The van der Waals surface area contributed by atoms with Crippen LogP contribution in [0, 0.1) is 0 Å². The molecule has 1 N–H and O–H groups in total. The van der Waals surface area contributed by atoms with Crippen LogP contribution in [-0.4, -0.2) is 17.8 Å². The molecular weight excluding hydrogens is 370 g/mol. The lowest BCUT2D eigenvalue weighted by molar-refractivity contribution is -0.111. The van der Waals surface area contributed by atoms with Gasteiger partial charge in [-0.3, -0.25) is 9.59 Å². The molecular formula is C23H17NO5. The summed E-state index contributed by atoms with van der Waals surface area (Å²) in [6.07, 6.45) is 0.232. The maximum Gasteiger partial charge on any atom is 0.519 e. The van der Waals surface area contributed by atoms with E-state index in [2.05, 4.69) is 11.9 Å². The van der Waals surface area contributed by atoms with Gasteiger partial charge in [0.15, 0.2) is 5.78 Å². The van der Waals surface area contributed by atoms with Crippen LogP contribution in [0.1, 0.15) is 15.9 Å². The number of carbonyl (C=O) groups excluding carboxylic acids is 3. The van der Waals surface area contributed by atoms with Gasteiger partial charge >= 0.3 is 6.16 Å². The van der Waals surface area contributed by atoms with Crippen LogP contribution in [0.15, 0.2) is 91.5 Å². The molecule has 0 fully saturated rings. The molecule has 0 aliphatic rings. The second kappa shape index (κ2) is 9.14. The maximum absolute atomic E-state index is 12.4. The Hall–Kier alpha value is -4.19. The third-order valence-corrected chi connectivity index (χ3v) is 3.86. The molecule has 0 bridgehead atoms. The molecule has 29 heavy (non-hydrogen) atoms. The van der Waals surface area contributed by atoms with E-state index in [1.165, 1.54) is 24.3 Å². The highest BCUT2D eigenvalue weighted by atomic mass is 16.7. The van der Waals surface area contributed by atoms with Gasteiger partial charge in [0.1, 0.15) is 11.5 Å². The molecule has 1 amide bonds. The number of benzene rings is 3. The standard InChI is InChI=1S/C23H17NO5/c1-2-21(25)24-18-10-14-20(15-11-18)29-23(27)28-19-12-8-17(9-13-19)22(26)16-6-4-3-5-7-16/h2-15H,1H2,(H,24,25). The van der Waals surface area contributed by atoms with E-state index in [1.807, 2.05) is 6.07 Å². The third-order valence-electron chi connectivity index (χ3n) is 3.86. The van der Waals surface area contributed by atoms with Gasteiger partial charge in [0.2, 0.25) is 5.91 Å². The van der Waals surface area contributed by atoms with Crippen molar-refractivity contribution >= 4 is 23.5 Å². The molecule has 3 rings (SSSR count). The van der Waals surface area contributed by atoms with Crippen LogP contribution in [-0.2, 0) is 4.79 Å². The number of anilines is 1. The smallest absolute Gasteiger partial charge is 0.395 e. The molecule has 0 aliphatic heterocycles. The monoisotopic (exact) mass is 387 g/mol. The first-order valence-corrected chi connectivity index (χ1v) is 8.68. The summed E-state index contributed by atoms with van der Waals surface area (Å²) in [6.45, 7) is 3.37. The topological polar surface area (TPSA) is 81.7 Å². The van der Waals surface area contributed by atoms with Gasteiger partial charge in [0.05, 0.1) is 0 Å². The molecule has 0 spiro atoms. The van der Waals surface area contributed by atoms with Crippen molar-refractivity contribution in [2.75, 3.05) is 5.32 Å². The predicted octanol–water partition coefficient (Wildman–Crippen LogP) is 4.62. The zero-order valence-corrected chi connectivity index (χ0v) is 15.3. The number of hydrogen-bond acceptors (Lipinski definition) is 5. The second-order valence-electron chi connectivity index (χ2n) is 5.89. The van der Waals surface area contributed by atoms with Gasteiger partial charge in [-0.1, -0.05) is 36.9 Å². The maximum atomic E-state index is 12.4. The summed E-state index contributed by atoms with van der Waals surface area (Å²) < 4.78 is 10.2. The molecule has 6 heteroatoms. The summed E-state index contributed by atoms with van der Waals surface area (Å²) in [5.41, 5.74) is 1.59. The normalized spacial score (nSPS) is 9.93. The highest BCUT2D eigenvalue weighted by Gasteiger charge is 2.11. The minimum absolute atomic E-state index is 0.122. The van der Waals surface area contributed by atoms with E-state index in [4.69, 9.17) is 9.47 Å². The molecule has 0 unspecified atom stereocenters. The van der Waals surface area contributed by atoms with E-state index < -0.39 is 6.16 Å². The molecule has 144 valence electrons. The molecule has 0 radical (unpaired) electrons. The molecule has 3 aromatic carbocycles. The van der Waals surface area contributed by atoms with Crippen LogP contribution in [0.3, 0.4) is 0 Å². The van der Waals surface area contributed by atoms with E-state index in [1.54, 1.807) is 48.5 Å². The molecule has 0 aromatic heterocycles. The Balaban J connectivity index is 1.57. The summed E-state index contributed by atoms with van der Waals surface area (Å²) in [7, 11) is 0. The van der Waals surface area contributed by atoms with Crippen LogP contribution >= 0.6 is 0 Å². The largest absolute Gasteiger partial charge is 0.519 e. The van der Waals surface area contributed by atoms with Gasteiger partial charge in [-0.25, -0.2) is 4.79 Å². The zero-order chi connectivity index (χ0) is 20.6. The first-order chi connectivity index (χ1) is 14.0. The number of carbonyl (C=O) groups is 3. The Morgan fingerprint density at radius 3 is 1.79 bits per heavy atom. The minimum Gasteiger partial charge on any atom is -0.395 e. The molecule has 6 nitrogen and oxygen atoms in total. The van der Waals surface area contributed by atoms with Gasteiger partial charge in [-0.05, 0) is 54.6 Å². The fraction of sp³-hybridized carbons (Fsp3) is 0. The van der Waals surface area contributed by atoms with Crippen molar-refractivity contribution in [1.82, 2.24) is 0 Å². The lowest BCUT2D eigenvalue weighted by Crippen LogP contribution is -2.14. The number of nitrogens with one attached hydrogen (secondary N) is 1. The number of rotatable bonds is 6. The lowest BCUT2D eigenvalue weighted by Gasteiger charge is -2.07. The van der Waals surface area contributed by atoms with Crippen LogP contribution in [0.2, 0.25) is 0 Å². The van der Waals surface area contributed by atoms with Gasteiger partial charge in [0, 0.05) is 16.8 Å². The van der Waals surface area contributed by atoms with Gasteiger partial charge in [0.25, 0.3) is 0 Å². The average Bonchev–Trinajstić information content (AvgIpc) is 2.75. The van der Waals surface area contributed by atoms with Crippen molar-refractivity contribution in [1.29, 1.82) is 0 Å². The van der Waals surface area contributed by atoms with Gasteiger partial charge < -0.3 is 14.8 Å². The van der Waals surface area contributed by atoms with E-state index >= 15 is 0 Å². The van der Waals surface area contributed by atoms with Crippen molar-refractivity contribution in [2.24, 2.45) is 0 Å². The van der Waals surface area contributed by atoms with Crippen molar-refractivity contribution < 1.29 is 23.9 Å². The highest BCUT2D eigenvalue weighted by molar-refractivity contribution is 6.09. The van der Waals surface area contributed by atoms with Crippen LogP contribution in [0.5, 0.6) is 11.5 Å². The minimum atomic E-state index is -0.921. The van der Waals surface area contributed by atoms with Gasteiger partial charge in [-0.15, -0.1) is 0 Å². The van der Waals surface area contributed by atoms with Crippen molar-refractivity contribution in [3.05, 3.63) is 103 Å². The Morgan fingerprint density at radius 1 is 0.724 bits per heavy atom. The number of hydrogen-bond donors (Lipinski definition) is 1. The summed E-state index contributed by atoms with van der Waals surface area (Å²) >= 11 is 0. The van der Waals surface area contributed by atoms with E-state index in [9.17, 15) is 14.4 Å². The summed E-state index contributed by atoms with van der Waals surface area (Å²) in [5.74, 6) is 0.0348. The van der Waals surface area contributed by atoms with Crippen LogP contribution in [0.4, 0.5) is 10.5 Å². The van der Waals surface area contributed by atoms with Crippen molar-refractivity contribution in [3.8, 4) is 11.5 Å². The predicted molar refractivity (Wildman–Crippen MR) is 108 cm³/mol. The Morgan fingerprint density at radius 2 is 1.24 bits per heavy atom. The Bertz CT molecular complexity index is 1030. The summed E-state index contributed by atoms with van der Waals surface area (Å²) in [4.78, 5) is 35.5. The summed E-state index contributed by atoms with van der Waals surface area (Å²) in [5, 5.41) is 2.58. The highest BCUT2D eigenvalue weighted by Crippen LogP contribution is 2.19. The van der Waals surface area contributed by atoms with E-state index in [0.29, 0.717) is 16.8 Å². The van der Waals surface area contributed by atoms with Crippen molar-refractivity contribution in [3.63, 3.8) is 0 Å². The first-order valence-electron chi connectivity index (χ1n) is 8.68. The first kappa shape index (κ1) is 19.6. The molecule has 0 saturated carbocycles. The number of ketones is 1. The van der Waals surface area contributed by atoms with Crippen LogP contribution in [0.25, 0.3) is 0 Å².